The van der Waals surface area contributed by atoms with Crippen LogP contribution in [0.15, 0.2) is 71.6 Å². The topological polar surface area (TPSA) is 95.1 Å². The normalized spacial score (nSPS) is 16.9. The molecule has 218 valence electrons. The molecule has 0 fully saturated rings. The Hall–Kier alpha value is -3.85. The van der Waals surface area contributed by atoms with Crippen molar-refractivity contribution in [2.45, 2.75) is 61.4 Å². The lowest BCUT2D eigenvalue weighted by atomic mass is 9.90. The van der Waals surface area contributed by atoms with Crippen molar-refractivity contribution < 1.29 is 28.5 Å². The van der Waals surface area contributed by atoms with Gasteiger partial charge >= 0.3 is 12.1 Å². The number of methoxy groups -OCH3 is 3. The number of anilines is 1. The molecular weight excluding hydrogens is 540 g/mol. The van der Waals surface area contributed by atoms with Crippen molar-refractivity contribution >= 4 is 29.5 Å². The van der Waals surface area contributed by atoms with E-state index in [-0.39, 0.29) is 17.7 Å². The smallest absolute Gasteiger partial charge is 0.408 e. The van der Waals surface area contributed by atoms with Crippen LogP contribution in [0.25, 0.3) is 0 Å². The van der Waals surface area contributed by atoms with Crippen LogP contribution in [0.5, 0.6) is 11.5 Å². The summed E-state index contributed by atoms with van der Waals surface area (Å²) in [4.78, 5) is 26.2. The monoisotopic (exact) mass is 578 g/mol. The first kappa shape index (κ1) is 30.1. The van der Waals surface area contributed by atoms with E-state index in [0.29, 0.717) is 0 Å². The Morgan fingerprint density at radius 1 is 0.976 bits per heavy atom. The van der Waals surface area contributed by atoms with Gasteiger partial charge in [-0.15, -0.1) is 11.8 Å². The molecule has 0 aliphatic carbocycles. The van der Waals surface area contributed by atoms with Crippen molar-refractivity contribution in [2.75, 3.05) is 26.6 Å². The molecule has 1 aliphatic heterocycles. The van der Waals surface area contributed by atoms with Gasteiger partial charge in [-0.25, -0.2) is 9.59 Å². The Labute approximate surface area is 246 Å². The molecule has 4 rings (SSSR count). The summed E-state index contributed by atoms with van der Waals surface area (Å²) < 4.78 is 21.8. The zero-order chi connectivity index (χ0) is 29.6. The molecule has 3 atom stereocenters. The van der Waals surface area contributed by atoms with Crippen LogP contribution in [0, 0.1) is 0 Å². The van der Waals surface area contributed by atoms with Crippen LogP contribution < -0.4 is 20.1 Å². The van der Waals surface area contributed by atoms with Crippen LogP contribution in [0.2, 0.25) is 0 Å². The number of amides is 1. The molecule has 8 nitrogen and oxygen atoms in total. The molecule has 2 N–H and O–H groups in total. The first-order chi connectivity index (χ1) is 19.6. The minimum Gasteiger partial charge on any atom is -0.496 e. The highest BCUT2D eigenvalue weighted by Gasteiger charge is 2.33. The number of benzene rings is 3. The van der Waals surface area contributed by atoms with Gasteiger partial charge in [0.1, 0.15) is 23.1 Å². The summed E-state index contributed by atoms with van der Waals surface area (Å²) in [6, 6.07) is 21.2. The Kier molecular flexibility index (Phi) is 9.70. The number of carbonyl (C=O) groups excluding carboxylic acids is 2. The summed E-state index contributed by atoms with van der Waals surface area (Å²) in [6.45, 7) is 5.32. The lowest BCUT2D eigenvalue weighted by molar-refractivity contribution is -0.143. The molecule has 0 saturated heterocycles. The lowest BCUT2D eigenvalue weighted by Gasteiger charge is -2.35. The minimum absolute atomic E-state index is 0.0580. The van der Waals surface area contributed by atoms with Gasteiger partial charge in [0, 0.05) is 22.3 Å². The number of rotatable bonds is 9. The highest BCUT2D eigenvalue weighted by Crippen LogP contribution is 2.51. The van der Waals surface area contributed by atoms with E-state index in [1.165, 1.54) is 7.11 Å². The predicted octanol–water partition coefficient (Wildman–Crippen LogP) is 6.70. The highest BCUT2D eigenvalue weighted by atomic mass is 32.2. The summed E-state index contributed by atoms with van der Waals surface area (Å²) in [5.41, 5.74) is 3.27. The fourth-order valence-corrected chi connectivity index (χ4v) is 6.19. The van der Waals surface area contributed by atoms with E-state index in [9.17, 15) is 9.59 Å². The maximum absolute atomic E-state index is 12.6. The predicted molar refractivity (Wildman–Crippen MR) is 161 cm³/mol. The highest BCUT2D eigenvalue weighted by molar-refractivity contribution is 7.99. The molecule has 0 saturated carbocycles. The number of alkyl carbamates (subject to hydrolysis) is 1. The van der Waals surface area contributed by atoms with E-state index >= 15 is 0 Å². The zero-order valence-electron chi connectivity index (χ0n) is 24.4. The van der Waals surface area contributed by atoms with Gasteiger partial charge in [0.15, 0.2) is 0 Å². The van der Waals surface area contributed by atoms with Gasteiger partial charge in [-0.05, 0) is 68.7 Å². The van der Waals surface area contributed by atoms with Crippen molar-refractivity contribution in [1.29, 1.82) is 0 Å². The minimum atomic E-state index is -0.893. The zero-order valence-corrected chi connectivity index (χ0v) is 25.2. The van der Waals surface area contributed by atoms with E-state index in [1.54, 1.807) is 46.8 Å². The standard InChI is InChI=1S/C32H38N2O6S/c1-32(2,3)40-31(36)34-25(30(35)39-6)18-20-15-16-23-22(17-20)28(41-21-11-8-7-9-12-21)19-24(33-23)29-26(37-4)13-10-14-27(29)38-5/h7-17,24-25,28,33H,18-19H2,1-6H3,(H,34,36). The molecule has 3 aromatic carbocycles. The molecule has 9 heteroatoms. The fraction of sp³-hybridized carbons (Fsp3) is 0.375. The molecule has 3 unspecified atom stereocenters. The van der Waals surface area contributed by atoms with Gasteiger partial charge in [-0.2, -0.15) is 0 Å². The molecule has 41 heavy (non-hydrogen) atoms. The molecule has 1 aliphatic rings. The van der Waals surface area contributed by atoms with Crippen LogP contribution in [-0.4, -0.2) is 45.0 Å². The van der Waals surface area contributed by atoms with E-state index in [0.717, 1.165) is 45.2 Å². The number of esters is 1. The van der Waals surface area contributed by atoms with Crippen molar-refractivity contribution in [2.24, 2.45) is 0 Å². The Bertz CT molecular complexity index is 1340. The van der Waals surface area contributed by atoms with E-state index in [4.69, 9.17) is 18.9 Å². The maximum Gasteiger partial charge on any atom is 0.408 e. The van der Waals surface area contributed by atoms with Gasteiger partial charge in [-0.1, -0.05) is 36.4 Å². The van der Waals surface area contributed by atoms with Gasteiger partial charge < -0.3 is 29.6 Å². The average Bonchev–Trinajstić information content (AvgIpc) is 2.95. The van der Waals surface area contributed by atoms with Crippen LogP contribution in [0.4, 0.5) is 10.5 Å². The first-order valence-corrected chi connectivity index (χ1v) is 14.4. The van der Waals surface area contributed by atoms with Crippen LogP contribution in [0.1, 0.15) is 55.2 Å². The number of thioether (sulfide) groups is 1. The number of hydrogen-bond acceptors (Lipinski definition) is 8. The van der Waals surface area contributed by atoms with E-state index in [1.807, 2.05) is 48.5 Å². The molecule has 0 bridgehead atoms. The number of carbonyl (C=O) groups is 2. The molecule has 1 amide bonds. The van der Waals surface area contributed by atoms with Gasteiger partial charge in [0.2, 0.25) is 0 Å². The maximum atomic E-state index is 12.6. The third kappa shape index (κ3) is 7.67. The Morgan fingerprint density at radius 2 is 1.66 bits per heavy atom. The number of fused-ring (bicyclic) bond motifs is 1. The van der Waals surface area contributed by atoms with Crippen molar-refractivity contribution in [3.05, 3.63) is 83.4 Å². The molecular formula is C32H38N2O6S. The van der Waals surface area contributed by atoms with Gasteiger partial charge in [0.25, 0.3) is 0 Å². The van der Waals surface area contributed by atoms with Gasteiger partial charge in [-0.3, -0.25) is 0 Å². The average molecular weight is 579 g/mol. The quantitative estimate of drug-likeness (QED) is 0.271. The molecule has 1 heterocycles. The van der Waals surface area contributed by atoms with Gasteiger partial charge in [0.05, 0.1) is 32.9 Å². The van der Waals surface area contributed by atoms with E-state index < -0.39 is 23.7 Å². The lowest BCUT2D eigenvalue weighted by Crippen LogP contribution is -2.45. The summed E-state index contributed by atoms with van der Waals surface area (Å²) in [7, 11) is 4.64. The summed E-state index contributed by atoms with van der Waals surface area (Å²) in [5, 5.41) is 6.46. The number of ether oxygens (including phenoxy) is 4. The summed E-state index contributed by atoms with van der Waals surface area (Å²) in [5.74, 6) is 0.990. The fourth-order valence-electron chi connectivity index (χ4n) is 4.93. The third-order valence-electron chi connectivity index (χ3n) is 6.69. The number of hydrogen-bond donors (Lipinski definition) is 2. The second kappa shape index (κ2) is 13.2. The molecule has 0 radical (unpaired) electrons. The summed E-state index contributed by atoms with van der Waals surface area (Å²) in [6.07, 6.45) is 0.355. The van der Waals surface area contributed by atoms with Crippen molar-refractivity contribution in [3.63, 3.8) is 0 Å². The molecule has 3 aromatic rings. The molecule has 0 spiro atoms. The first-order valence-electron chi connectivity index (χ1n) is 13.5. The van der Waals surface area contributed by atoms with Crippen molar-refractivity contribution in [1.82, 2.24) is 5.32 Å². The van der Waals surface area contributed by atoms with Crippen LogP contribution in [0.3, 0.4) is 0 Å². The Morgan fingerprint density at radius 3 is 2.27 bits per heavy atom. The third-order valence-corrected chi connectivity index (χ3v) is 7.97. The van der Waals surface area contributed by atoms with Crippen LogP contribution >= 0.6 is 11.8 Å². The SMILES string of the molecule is COC(=O)C(Cc1ccc2c(c1)C(Sc1ccccc1)CC(c1c(OC)cccc1OC)N2)NC(=O)OC(C)(C)C. The van der Waals surface area contributed by atoms with E-state index in [2.05, 4.69) is 28.8 Å². The van der Waals surface area contributed by atoms with Crippen molar-refractivity contribution in [3.8, 4) is 11.5 Å². The summed E-state index contributed by atoms with van der Waals surface area (Å²) >= 11 is 1.78. The Balaban J connectivity index is 1.67. The largest absolute Gasteiger partial charge is 0.496 e. The number of nitrogens with one attached hydrogen (secondary N) is 2. The molecule has 0 aromatic heterocycles. The second-order valence-electron chi connectivity index (χ2n) is 10.8. The van der Waals surface area contributed by atoms with Crippen LogP contribution in [-0.2, 0) is 20.7 Å². The second-order valence-corrected chi connectivity index (χ2v) is 12.1.